The topological polar surface area (TPSA) is 94.0 Å². The predicted octanol–water partition coefficient (Wildman–Crippen LogP) is 3.31. The lowest BCUT2D eigenvalue weighted by molar-refractivity contribution is -0.117. The Morgan fingerprint density at radius 2 is 2.00 bits per heavy atom. The minimum Gasteiger partial charge on any atom is -0.398 e. The average molecular weight is 346 g/mol. The fourth-order valence-corrected chi connectivity index (χ4v) is 2.75. The molecule has 0 saturated carbocycles. The van der Waals surface area contributed by atoms with Gasteiger partial charge in [0.15, 0.2) is 0 Å². The van der Waals surface area contributed by atoms with Gasteiger partial charge in [-0.3, -0.25) is 9.78 Å². The van der Waals surface area contributed by atoms with Gasteiger partial charge in [0, 0.05) is 40.5 Å². The van der Waals surface area contributed by atoms with Crippen LogP contribution >= 0.6 is 0 Å². The lowest BCUT2D eigenvalue weighted by Crippen LogP contribution is -2.29. The summed E-state index contributed by atoms with van der Waals surface area (Å²) in [4.78, 5) is 16.5. The van der Waals surface area contributed by atoms with E-state index in [1.807, 2.05) is 49.4 Å². The highest BCUT2D eigenvalue weighted by Crippen LogP contribution is 2.30. The van der Waals surface area contributed by atoms with E-state index < -0.39 is 0 Å². The van der Waals surface area contributed by atoms with E-state index in [1.165, 1.54) is 0 Å². The summed E-state index contributed by atoms with van der Waals surface area (Å²) < 4.78 is 0. The van der Waals surface area contributed by atoms with Crippen LogP contribution in [0.25, 0.3) is 28.1 Å². The van der Waals surface area contributed by atoms with E-state index in [-0.39, 0.29) is 11.6 Å². The molecule has 2 aromatic carbocycles. The third-order valence-corrected chi connectivity index (χ3v) is 4.15. The molecule has 5 heteroatoms. The maximum absolute atomic E-state index is 12.0. The number of nitrogen functional groups attached to an aromatic ring is 1. The molecule has 0 spiro atoms. The van der Waals surface area contributed by atoms with Crippen molar-refractivity contribution in [3.8, 4) is 11.1 Å². The molecule has 3 rings (SSSR count). The van der Waals surface area contributed by atoms with Crippen molar-refractivity contribution in [1.29, 1.82) is 0 Å². The van der Waals surface area contributed by atoms with Gasteiger partial charge in [-0.05, 0) is 24.6 Å². The van der Waals surface area contributed by atoms with Gasteiger partial charge in [0.05, 0.1) is 11.2 Å². The highest BCUT2D eigenvalue weighted by atomic mass is 16.1. The van der Waals surface area contributed by atoms with Gasteiger partial charge in [0.1, 0.15) is 0 Å². The molecular weight excluding hydrogens is 324 g/mol. The highest BCUT2D eigenvalue weighted by Gasteiger charge is 2.10. The lowest BCUT2D eigenvalue weighted by Gasteiger charge is -2.10. The highest BCUT2D eigenvalue weighted by molar-refractivity contribution is 5.98. The first-order valence-corrected chi connectivity index (χ1v) is 8.59. The third-order valence-electron chi connectivity index (χ3n) is 4.15. The van der Waals surface area contributed by atoms with Gasteiger partial charge in [-0.1, -0.05) is 43.3 Å². The molecule has 5 N–H and O–H groups in total. The van der Waals surface area contributed by atoms with Gasteiger partial charge in [-0.15, -0.1) is 0 Å². The van der Waals surface area contributed by atoms with Crippen LogP contribution in [0, 0.1) is 0 Å². The number of benzene rings is 2. The number of hydrogen-bond acceptors (Lipinski definition) is 4. The molecule has 0 aliphatic heterocycles. The average Bonchev–Trinajstić information content (AvgIpc) is 2.67. The Balaban J connectivity index is 1.97. The second-order valence-corrected chi connectivity index (χ2v) is 6.08. The quantitative estimate of drug-likeness (QED) is 0.488. The zero-order valence-corrected chi connectivity index (χ0v) is 14.7. The van der Waals surface area contributed by atoms with Crippen LogP contribution in [-0.2, 0) is 4.79 Å². The summed E-state index contributed by atoms with van der Waals surface area (Å²) in [5, 5.41) is 3.80. The number of hydrogen-bond donors (Lipinski definition) is 3. The summed E-state index contributed by atoms with van der Waals surface area (Å²) in [7, 11) is 0. The van der Waals surface area contributed by atoms with Gasteiger partial charge in [0.25, 0.3) is 5.91 Å². The number of carbonyl (C=O) groups is 1. The Morgan fingerprint density at radius 3 is 2.81 bits per heavy atom. The van der Waals surface area contributed by atoms with Crippen LogP contribution in [0.2, 0.25) is 0 Å². The van der Waals surface area contributed by atoms with Crippen LogP contribution in [0.4, 0.5) is 5.69 Å². The summed E-state index contributed by atoms with van der Waals surface area (Å²) >= 11 is 0. The molecule has 26 heavy (non-hydrogen) atoms. The Hall–Kier alpha value is -3.34. The summed E-state index contributed by atoms with van der Waals surface area (Å²) in [6.45, 7) is 2.57. The first-order chi connectivity index (χ1) is 12.6. The molecule has 5 nitrogen and oxygen atoms in total. The number of rotatable bonds is 5. The molecule has 0 atom stereocenters. The second kappa shape index (κ2) is 7.70. The normalized spacial score (nSPS) is 11.5. The van der Waals surface area contributed by atoms with Gasteiger partial charge >= 0.3 is 0 Å². The molecule has 0 radical (unpaired) electrons. The maximum Gasteiger partial charge on any atom is 0.267 e. The molecule has 1 aromatic heterocycles. The second-order valence-electron chi connectivity index (χ2n) is 6.08. The van der Waals surface area contributed by atoms with Gasteiger partial charge in [-0.25, -0.2) is 0 Å². The van der Waals surface area contributed by atoms with Crippen molar-refractivity contribution in [2.24, 2.45) is 5.73 Å². The monoisotopic (exact) mass is 346 g/mol. The number of carbonyl (C=O) groups excluding carboxylic acids is 1. The van der Waals surface area contributed by atoms with Crippen molar-refractivity contribution in [2.45, 2.75) is 13.3 Å². The fourth-order valence-electron chi connectivity index (χ4n) is 2.75. The molecule has 3 aromatic rings. The van der Waals surface area contributed by atoms with E-state index in [4.69, 9.17) is 11.5 Å². The summed E-state index contributed by atoms with van der Waals surface area (Å²) in [5.41, 5.74) is 16.4. The molecule has 0 aliphatic rings. The number of fused-ring (bicyclic) bond motifs is 1. The number of aromatic nitrogens is 1. The molecule has 1 amide bonds. The number of amides is 1. The molecule has 0 saturated heterocycles. The zero-order chi connectivity index (χ0) is 18.5. The van der Waals surface area contributed by atoms with E-state index in [9.17, 15) is 4.79 Å². The minimum atomic E-state index is -0.288. The number of anilines is 1. The number of pyridine rings is 1. The molecule has 0 fully saturated rings. The van der Waals surface area contributed by atoms with Crippen LogP contribution in [0.5, 0.6) is 0 Å². The molecule has 0 bridgehead atoms. The standard InChI is InChI=1S/C21H22N4O/c1-2-10-24-21(26)18(22)12-15-7-5-8-17(20(15)23)16-11-14-6-3-4-9-19(14)25-13-16/h3-9,11-13H,2,10,22-23H2,1H3,(H,24,26)/b18-12-. The first-order valence-electron chi connectivity index (χ1n) is 8.59. The molecule has 0 aliphatic carbocycles. The van der Waals surface area contributed by atoms with Crippen molar-refractivity contribution in [2.75, 3.05) is 12.3 Å². The van der Waals surface area contributed by atoms with E-state index in [2.05, 4.69) is 16.4 Å². The van der Waals surface area contributed by atoms with Crippen molar-refractivity contribution < 1.29 is 4.79 Å². The fraction of sp³-hybridized carbons (Fsp3) is 0.143. The predicted molar refractivity (Wildman–Crippen MR) is 107 cm³/mol. The number of nitrogens with one attached hydrogen (secondary N) is 1. The van der Waals surface area contributed by atoms with E-state index in [0.29, 0.717) is 17.8 Å². The Labute approximate surface area is 152 Å². The van der Waals surface area contributed by atoms with Gasteiger partial charge in [-0.2, -0.15) is 0 Å². The minimum absolute atomic E-state index is 0.138. The maximum atomic E-state index is 12.0. The first kappa shape index (κ1) is 17.5. The van der Waals surface area contributed by atoms with Crippen LogP contribution in [0.15, 0.2) is 60.4 Å². The van der Waals surface area contributed by atoms with Crippen LogP contribution in [0.3, 0.4) is 0 Å². The smallest absolute Gasteiger partial charge is 0.267 e. The van der Waals surface area contributed by atoms with E-state index >= 15 is 0 Å². The largest absolute Gasteiger partial charge is 0.398 e. The SMILES string of the molecule is CCCNC(=O)/C(N)=C/c1cccc(-c2cnc3ccccc3c2)c1N. The van der Waals surface area contributed by atoms with Crippen LogP contribution < -0.4 is 16.8 Å². The number of nitrogens with two attached hydrogens (primary N) is 2. The van der Waals surface area contributed by atoms with Crippen molar-refractivity contribution in [3.05, 3.63) is 66.0 Å². The van der Waals surface area contributed by atoms with Crippen molar-refractivity contribution >= 4 is 28.6 Å². The van der Waals surface area contributed by atoms with E-state index in [0.717, 1.165) is 28.5 Å². The molecule has 1 heterocycles. The summed E-state index contributed by atoms with van der Waals surface area (Å²) in [6, 6.07) is 15.6. The Kier molecular flexibility index (Phi) is 5.17. The van der Waals surface area contributed by atoms with Crippen molar-refractivity contribution in [3.63, 3.8) is 0 Å². The van der Waals surface area contributed by atoms with Crippen molar-refractivity contribution in [1.82, 2.24) is 10.3 Å². The number of nitrogens with zero attached hydrogens (tertiary/aromatic N) is 1. The zero-order valence-electron chi connectivity index (χ0n) is 14.7. The van der Waals surface area contributed by atoms with Crippen LogP contribution in [-0.4, -0.2) is 17.4 Å². The lowest BCUT2D eigenvalue weighted by atomic mass is 9.99. The van der Waals surface area contributed by atoms with Gasteiger partial charge < -0.3 is 16.8 Å². The number of para-hydroxylation sites is 2. The Bertz CT molecular complexity index is 979. The molecule has 0 unspecified atom stereocenters. The summed E-state index contributed by atoms with van der Waals surface area (Å²) in [5.74, 6) is -0.288. The Morgan fingerprint density at radius 1 is 1.19 bits per heavy atom. The molecule has 132 valence electrons. The van der Waals surface area contributed by atoms with Crippen LogP contribution in [0.1, 0.15) is 18.9 Å². The van der Waals surface area contributed by atoms with E-state index in [1.54, 1.807) is 12.3 Å². The van der Waals surface area contributed by atoms with Gasteiger partial charge in [0.2, 0.25) is 0 Å². The summed E-state index contributed by atoms with van der Waals surface area (Å²) in [6.07, 6.45) is 4.27. The third kappa shape index (κ3) is 3.67. The molecular formula is C21H22N4O.